The van der Waals surface area contributed by atoms with Crippen LogP contribution in [0, 0.1) is 5.92 Å². The van der Waals surface area contributed by atoms with Crippen LogP contribution in [0.5, 0.6) is 0 Å². The van der Waals surface area contributed by atoms with E-state index in [-0.39, 0.29) is 25.2 Å². The molecule has 0 aromatic heterocycles. The number of esters is 1. The van der Waals surface area contributed by atoms with Crippen molar-refractivity contribution in [2.24, 2.45) is 5.92 Å². The topological polar surface area (TPSA) is 87.0 Å². The number of hydrogen-bond donors (Lipinski definition) is 3. The number of hydrogen-bond acceptors (Lipinski definition) is 5. The van der Waals surface area contributed by atoms with Crippen LogP contribution in [0.1, 0.15) is 40.0 Å². The van der Waals surface area contributed by atoms with Gasteiger partial charge in [-0.25, -0.2) is 0 Å². The minimum Gasteiger partial charge on any atom is -0.457 e. The molecule has 126 valence electrons. The number of halogens is 1. The summed E-state index contributed by atoms with van der Waals surface area (Å²) < 4.78 is 7.32. The van der Waals surface area contributed by atoms with Gasteiger partial charge in [0.1, 0.15) is 12.2 Å². The fraction of sp³-hybridized carbons (Fsp3) is 0.688. The van der Waals surface area contributed by atoms with Gasteiger partial charge in [-0.1, -0.05) is 41.7 Å². The molecule has 1 aliphatic heterocycles. The average molecular weight is 424 g/mol. The molecule has 0 saturated carbocycles. The van der Waals surface area contributed by atoms with E-state index in [4.69, 9.17) is 4.74 Å². The summed E-state index contributed by atoms with van der Waals surface area (Å²) in [5.41, 5.74) is -0.455. The number of aliphatic hydroxyl groups is 3. The van der Waals surface area contributed by atoms with Gasteiger partial charge in [-0.2, -0.15) is 0 Å². The van der Waals surface area contributed by atoms with Crippen LogP contribution in [0.15, 0.2) is 21.8 Å². The van der Waals surface area contributed by atoms with Gasteiger partial charge in [0.05, 0.1) is 18.1 Å². The summed E-state index contributed by atoms with van der Waals surface area (Å²) in [7, 11) is 0. The number of carbonyl (C=O) groups is 1. The maximum absolute atomic E-state index is 12.0. The molecule has 6 heteroatoms. The van der Waals surface area contributed by atoms with E-state index in [1.807, 2.05) is 17.9 Å². The smallest absolute Gasteiger partial charge is 0.309 e. The van der Waals surface area contributed by atoms with E-state index in [2.05, 4.69) is 22.6 Å². The largest absolute Gasteiger partial charge is 0.457 e. The molecule has 0 spiro atoms. The maximum atomic E-state index is 12.0. The Morgan fingerprint density at radius 3 is 2.68 bits per heavy atom. The third kappa shape index (κ3) is 5.64. The van der Waals surface area contributed by atoms with Crippen molar-refractivity contribution in [2.75, 3.05) is 0 Å². The van der Waals surface area contributed by atoms with E-state index in [1.54, 1.807) is 6.08 Å². The molecule has 0 saturated heterocycles. The lowest BCUT2D eigenvalue weighted by Crippen LogP contribution is -2.39. The Hall–Kier alpha value is -0.440. The van der Waals surface area contributed by atoms with Gasteiger partial charge < -0.3 is 20.1 Å². The lowest BCUT2D eigenvalue weighted by molar-refractivity contribution is -0.151. The van der Waals surface area contributed by atoms with Crippen LogP contribution >= 0.6 is 22.6 Å². The van der Waals surface area contributed by atoms with Crippen molar-refractivity contribution >= 4 is 28.6 Å². The van der Waals surface area contributed by atoms with E-state index < -0.39 is 29.9 Å². The van der Waals surface area contributed by atoms with E-state index >= 15 is 0 Å². The predicted molar refractivity (Wildman–Crippen MR) is 92.4 cm³/mol. The standard InChI is InChI=1S/C16H25IO5/c1-10-4-5-13(19)16(3,21)7-6-12(18)8-14(20)22-15(10)11(2)9-17/h4-5,9-10,12-13,15,18-19,21H,6-8H2,1-3H3/b5-4+,11-9+/t10-,12+,13-,15?,16+/m0/s1. The molecule has 0 bridgehead atoms. The van der Waals surface area contributed by atoms with Crippen molar-refractivity contribution in [2.45, 2.75) is 63.9 Å². The molecular formula is C16H25IO5. The molecule has 3 N–H and O–H groups in total. The number of ether oxygens (including phenoxy) is 1. The van der Waals surface area contributed by atoms with Gasteiger partial charge in [0, 0.05) is 5.92 Å². The summed E-state index contributed by atoms with van der Waals surface area (Å²) in [6, 6.07) is 0. The molecule has 22 heavy (non-hydrogen) atoms. The van der Waals surface area contributed by atoms with Crippen molar-refractivity contribution in [1.82, 2.24) is 0 Å². The summed E-state index contributed by atoms with van der Waals surface area (Å²) in [6.45, 7) is 5.27. The van der Waals surface area contributed by atoms with Gasteiger partial charge >= 0.3 is 5.97 Å². The maximum Gasteiger partial charge on any atom is 0.309 e. The minimum atomic E-state index is -1.34. The van der Waals surface area contributed by atoms with Crippen LogP contribution < -0.4 is 0 Å². The van der Waals surface area contributed by atoms with Crippen molar-refractivity contribution in [3.05, 3.63) is 21.8 Å². The van der Waals surface area contributed by atoms with Crippen LogP contribution in [-0.2, 0) is 9.53 Å². The van der Waals surface area contributed by atoms with E-state index in [0.717, 1.165) is 5.57 Å². The Bertz CT molecular complexity index is 444. The monoisotopic (exact) mass is 424 g/mol. The third-order valence-electron chi connectivity index (χ3n) is 3.98. The first-order valence-electron chi connectivity index (χ1n) is 7.40. The Morgan fingerprint density at radius 2 is 2.09 bits per heavy atom. The van der Waals surface area contributed by atoms with Gasteiger partial charge in [-0.05, 0) is 36.3 Å². The molecular weight excluding hydrogens is 399 g/mol. The lowest BCUT2D eigenvalue weighted by Gasteiger charge is -2.30. The summed E-state index contributed by atoms with van der Waals surface area (Å²) in [6.07, 6.45) is 1.18. The fourth-order valence-corrected chi connectivity index (χ4v) is 2.71. The highest BCUT2D eigenvalue weighted by Gasteiger charge is 2.31. The molecule has 1 rings (SSSR count). The van der Waals surface area contributed by atoms with Crippen molar-refractivity contribution in [1.29, 1.82) is 0 Å². The Labute approximate surface area is 145 Å². The summed E-state index contributed by atoms with van der Waals surface area (Å²) in [5.74, 6) is -0.617. The molecule has 0 fully saturated rings. The predicted octanol–water partition coefficient (Wildman–Crippen LogP) is 2.09. The van der Waals surface area contributed by atoms with Crippen LogP contribution in [0.25, 0.3) is 0 Å². The second-order valence-electron chi connectivity index (χ2n) is 6.21. The summed E-state index contributed by atoms with van der Waals surface area (Å²) in [5, 5.41) is 30.3. The van der Waals surface area contributed by atoms with Gasteiger partial charge in [-0.3, -0.25) is 4.79 Å². The zero-order valence-corrected chi connectivity index (χ0v) is 15.4. The Kier molecular flexibility index (Phi) is 7.51. The molecule has 0 aromatic carbocycles. The molecule has 0 radical (unpaired) electrons. The summed E-state index contributed by atoms with van der Waals surface area (Å²) in [4.78, 5) is 12.0. The first-order chi connectivity index (χ1) is 10.2. The Morgan fingerprint density at radius 1 is 1.45 bits per heavy atom. The zero-order chi connectivity index (χ0) is 16.9. The van der Waals surface area contributed by atoms with Crippen LogP contribution in [0.3, 0.4) is 0 Å². The molecule has 0 amide bonds. The molecule has 5 nitrogen and oxygen atoms in total. The first-order valence-corrected chi connectivity index (χ1v) is 8.65. The number of rotatable bonds is 1. The highest BCUT2D eigenvalue weighted by molar-refractivity contribution is 14.1. The molecule has 0 aromatic rings. The van der Waals surface area contributed by atoms with Crippen LogP contribution in [-0.4, -0.2) is 45.2 Å². The number of carbonyl (C=O) groups excluding carboxylic acids is 1. The zero-order valence-electron chi connectivity index (χ0n) is 13.2. The molecule has 5 atom stereocenters. The Balaban J connectivity index is 3.07. The number of aliphatic hydroxyl groups excluding tert-OH is 2. The quantitative estimate of drug-likeness (QED) is 0.341. The highest BCUT2D eigenvalue weighted by Crippen LogP contribution is 2.25. The molecule has 1 unspecified atom stereocenters. The average Bonchev–Trinajstić information content (AvgIpc) is 2.46. The SMILES string of the molecule is C/C(=C\I)C1OC(=O)C[C@H](O)CC[C@@](C)(O)[C@@H](O)/C=C/[C@@H]1C. The van der Waals surface area contributed by atoms with E-state index in [9.17, 15) is 20.1 Å². The normalized spacial score (nSPS) is 40.3. The van der Waals surface area contributed by atoms with Crippen molar-refractivity contribution in [3.8, 4) is 0 Å². The second kappa shape index (κ2) is 8.42. The van der Waals surface area contributed by atoms with Crippen molar-refractivity contribution < 1.29 is 24.9 Å². The summed E-state index contributed by atoms with van der Waals surface area (Å²) >= 11 is 2.08. The molecule has 0 aliphatic carbocycles. The highest BCUT2D eigenvalue weighted by atomic mass is 127. The lowest BCUT2D eigenvalue weighted by atomic mass is 9.89. The van der Waals surface area contributed by atoms with E-state index in [0.29, 0.717) is 0 Å². The van der Waals surface area contributed by atoms with Crippen molar-refractivity contribution in [3.63, 3.8) is 0 Å². The van der Waals surface area contributed by atoms with E-state index in [1.165, 1.54) is 13.0 Å². The third-order valence-corrected chi connectivity index (χ3v) is 4.96. The van der Waals surface area contributed by atoms with Crippen LogP contribution in [0.2, 0.25) is 0 Å². The number of cyclic esters (lactones) is 1. The second-order valence-corrected chi connectivity index (χ2v) is 6.83. The van der Waals surface area contributed by atoms with Crippen LogP contribution in [0.4, 0.5) is 0 Å². The first kappa shape index (κ1) is 19.6. The van der Waals surface area contributed by atoms with Gasteiger partial charge in [0.2, 0.25) is 0 Å². The van der Waals surface area contributed by atoms with Gasteiger partial charge in [-0.15, -0.1) is 0 Å². The fourth-order valence-electron chi connectivity index (χ4n) is 2.36. The van der Waals surface area contributed by atoms with Gasteiger partial charge in [0.25, 0.3) is 0 Å². The van der Waals surface area contributed by atoms with Gasteiger partial charge in [0.15, 0.2) is 0 Å². The minimum absolute atomic E-state index is 0.117. The molecule has 1 heterocycles. The molecule has 1 aliphatic rings.